The van der Waals surface area contributed by atoms with E-state index in [1.165, 1.54) is 12.3 Å². The Kier molecular flexibility index (Phi) is 4.50. The van der Waals surface area contributed by atoms with Crippen LogP contribution in [0.2, 0.25) is 10.2 Å². The van der Waals surface area contributed by atoms with E-state index in [4.69, 9.17) is 28.3 Å². The van der Waals surface area contributed by atoms with Gasteiger partial charge < -0.3 is 15.5 Å². The van der Waals surface area contributed by atoms with Crippen LogP contribution in [0.5, 0.6) is 0 Å². The maximum Gasteiger partial charge on any atom is 0.337 e. The molecule has 0 saturated heterocycles. The van der Waals surface area contributed by atoms with Gasteiger partial charge in [-0.15, -0.1) is 0 Å². The summed E-state index contributed by atoms with van der Waals surface area (Å²) < 4.78 is 0. The number of nitrogens with zero attached hydrogens (tertiary/aromatic N) is 1. The van der Waals surface area contributed by atoms with Crippen molar-refractivity contribution in [1.29, 1.82) is 0 Å². The summed E-state index contributed by atoms with van der Waals surface area (Å²) in [7, 11) is 0. The van der Waals surface area contributed by atoms with E-state index >= 15 is 0 Å². The van der Waals surface area contributed by atoms with Gasteiger partial charge in [0, 0.05) is 6.20 Å². The molecule has 0 fully saturated rings. The van der Waals surface area contributed by atoms with Crippen molar-refractivity contribution in [1.82, 2.24) is 10.3 Å². The SMILES string of the molecule is CC(O)(CNC(=O)c1cc(Cl)ncc1Cl)C(=O)O. The zero-order valence-electron chi connectivity index (χ0n) is 9.28. The van der Waals surface area contributed by atoms with Crippen LogP contribution < -0.4 is 5.32 Å². The fourth-order valence-electron chi connectivity index (χ4n) is 1.01. The minimum absolute atomic E-state index is 0.0536. The van der Waals surface area contributed by atoms with Crippen molar-refractivity contribution < 1.29 is 19.8 Å². The molecule has 0 saturated carbocycles. The summed E-state index contributed by atoms with van der Waals surface area (Å²) in [6.07, 6.45) is 1.20. The number of aromatic nitrogens is 1. The number of nitrogens with one attached hydrogen (secondary N) is 1. The second-order valence-corrected chi connectivity index (χ2v) is 4.54. The maximum absolute atomic E-state index is 11.7. The molecule has 1 atom stereocenters. The third kappa shape index (κ3) is 3.56. The van der Waals surface area contributed by atoms with E-state index in [9.17, 15) is 14.7 Å². The fourth-order valence-corrected chi connectivity index (χ4v) is 1.36. The molecule has 0 aliphatic rings. The number of halogens is 2. The van der Waals surface area contributed by atoms with Crippen molar-refractivity contribution in [3.63, 3.8) is 0 Å². The molecule has 1 rings (SSSR count). The molecule has 1 aromatic heterocycles. The number of carboxylic acids is 1. The minimum atomic E-state index is -2.06. The normalized spacial score (nSPS) is 13.8. The summed E-state index contributed by atoms with van der Waals surface area (Å²) in [5.74, 6) is -2.09. The smallest absolute Gasteiger partial charge is 0.337 e. The maximum atomic E-state index is 11.7. The van der Waals surface area contributed by atoms with Crippen molar-refractivity contribution >= 4 is 35.1 Å². The van der Waals surface area contributed by atoms with Crippen molar-refractivity contribution in [2.45, 2.75) is 12.5 Å². The number of carbonyl (C=O) groups is 2. The Bertz CT molecular complexity index is 491. The van der Waals surface area contributed by atoms with Crippen molar-refractivity contribution in [3.05, 3.63) is 28.0 Å². The molecule has 18 heavy (non-hydrogen) atoms. The Balaban J connectivity index is 2.78. The van der Waals surface area contributed by atoms with Crippen LogP contribution in [0.3, 0.4) is 0 Å². The van der Waals surface area contributed by atoms with Crippen molar-refractivity contribution in [2.75, 3.05) is 6.54 Å². The molecule has 1 unspecified atom stereocenters. The summed E-state index contributed by atoms with van der Waals surface area (Å²) in [6, 6.07) is 1.24. The number of aliphatic carboxylic acids is 1. The van der Waals surface area contributed by atoms with Crippen LogP contribution in [0.15, 0.2) is 12.3 Å². The van der Waals surface area contributed by atoms with Crippen LogP contribution in [0, 0.1) is 0 Å². The molecule has 0 aliphatic carbocycles. The van der Waals surface area contributed by atoms with Gasteiger partial charge in [0.1, 0.15) is 5.15 Å². The van der Waals surface area contributed by atoms with E-state index in [1.807, 2.05) is 0 Å². The minimum Gasteiger partial charge on any atom is -0.479 e. The van der Waals surface area contributed by atoms with E-state index < -0.39 is 24.0 Å². The Morgan fingerprint density at radius 1 is 1.50 bits per heavy atom. The number of amides is 1. The van der Waals surface area contributed by atoms with Gasteiger partial charge in [-0.05, 0) is 13.0 Å². The molecule has 0 spiro atoms. The lowest BCUT2D eigenvalue weighted by Gasteiger charge is -2.18. The zero-order valence-corrected chi connectivity index (χ0v) is 10.8. The number of carboxylic acid groups (broad SMARTS) is 1. The van der Waals surface area contributed by atoms with Crippen LogP contribution in [0.1, 0.15) is 17.3 Å². The highest BCUT2D eigenvalue weighted by atomic mass is 35.5. The fraction of sp³-hybridized carbons (Fsp3) is 0.300. The van der Waals surface area contributed by atoms with Gasteiger partial charge in [0.25, 0.3) is 5.91 Å². The second-order valence-electron chi connectivity index (χ2n) is 3.75. The first-order valence-corrected chi connectivity index (χ1v) is 5.54. The van der Waals surface area contributed by atoms with Crippen LogP contribution >= 0.6 is 23.2 Å². The molecule has 0 bridgehead atoms. The number of rotatable bonds is 4. The first-order chi connectivity index (χ1) is 8.24. The van der Waals surface area contributed by atoms with Gasteiger partial charge in [0.05, 0.1) is 17.1 Å². The lowest BCUT2D eigenvalue weighted by Crippen LogP contribution is -2.46. The Hall–Kier alpha value is -1.37. The quantitative estimate of drug-likeness (QED) is 0.718. The van der Waals surface area contributed by atoms with Gasteiger partial charge in [-0.1, -0.05) is 23.2 Å². The van der Waals surface area contributed by atoms with Gasteiger partial charge >= 0.3 is 5.97 Å². The molecule has 1 aromatic rings. The molecule has 1 amide bonds. The third-order valence-corrected chi connectivity index (χ3v) is 2.63. The first kappa shape index (κ1) is 14.7. The Morgan fingerprint density at radius 2 is 2.11 bits per heavy atom. The molecule has 8 heteroatoms. The molecule has 0 aromatic carbocycles. The third-order valence-electron chi connectivity index (χ3n) is 2.12. The monoisotopic (exact) mass is 292 g/mol. The van der Waals surface area contributed by atoms with Crippen LogP contribution in [0.25, 0.3) is 0 Å². The standard InChI is InChI=1S/C10H10Cl2N2O4/c1-10(18,9(16)17)4-14-8(15)5-2-7(12)13-3-6(5)11/h2-3,18H,4H2,1H3,(H,14,15)(H,16,17). The average molecular weight is 293 g/mol. The van der Waals surface area contributed by atoms with Crippen molar-refractivity contribution in [3.8, 4) is 0 Å². The molecular formula is C10H10Cl2N2O4. The van der Waals surface area contributed by atoms with E-state index in [-0.39, 0.29) is 15.7 Å². The predicted octanol–water partition coefficient (Wildman–Crippen LogP) is 0.954. The topological polar surface area (TPSA) is 99.5 Å². The highest BCUT2D eigenvalue weighted by molar-refractivity contribution is 6.35. The highest BCUT2D eigenvalue weighted by Gasteiger charge is 2.30. The highest BCUT2D eigenvalue weighted by Crippen LogP contribution is 2.18. The predicted molar refractivity (Wildman–Crippen MR) is 64.8 cm³/mol. The van der Waals surface area contributed by atoms with Gasteiger partial charge in [-0.25, -0.2) is 9.78 Å². The summed E-state index contributed by atoms with van der Waals surface area (Å²) in [5, 5.41) is 20.5. The molecule has 3 N–H and O–H groups in total. The Labute approximate surface area is 113 Å². The lowest BCUT2D eigenvalue weighted by atomic mass is 10.1. The molecule has 0 radical (unpaired) electrons. The summed E-state index contributed by atoms with van der Waals surface area (Å²) >= 11 is 11.4. The van der Waals surface area contributed by atoms with Crippen molar-refractivity contribution in [2.24, 2.45) is 0 Å². The van der Waals surface area contributed by atoms with Gasteiger partial charge in [-0.3, -0.25) is 4.79 Å². The molecule has 0 aliphatic heterocycles. The largest absolute Gasteiger partial charge is 0.479 e. The first-order valence-electron chi connectivity index (χ1n) is 4.79. The molecular weight excluding hydrogens is 283 g/mol. The van der Waals surface area contributed by atoms with E-state index in [0.717, 1.165) is 6.92 Å². The van der Waals surface area contributed by atoms with Crippen LogP contribution in [0.4, 0.5) is 0 Å². The number of aliphatic hydroxyl groups is 1. The lowest BCUT2D eigenvalue weighted by molar-refractivity contribution is -0.155. The van der Waals surface area contributed by atoms with E-state index in [0.29, 0.717) is 0 Å². The average Bonchev–Trinajstić information content (AvgIpc) is 2.29. The van der Waals surface area contributed by atoms with Crippen LogP contribution in [-0.4, -0.2) is 39.2 Å². The molecule has 98 valence electrons. The Morgan fingerprint density at radius 3 is 2.67 bits per heavy atom. The van der Waals surface area contributed by atoms with Gasteiger partial charge in [0.15, 0.2) is 5.60 Å². The molecule has 1 heterocycles. The molecule has 6 nitrogen and oxygen atoms in total. The number of pyridine rings is 1. The van der Waals surface area contributed by atoms with E-state index in [2.05, 4.69) is 10.3 Å². The number of carbonyl (C=O) groups excluding carboxylic acids is 1. The second kappa shape index (κ2) is 5.51. The number of hydrogen-bond acceptors (Lipinski definition) is 4. The summed E-state index contributed by atoms with van der Waals surface area (Å²) in [4.78, 5) is 26.0. The van der Waals surface area contributed by atoms with E-state index in [1.54, 1.807) is 0 Å². The van der Waals surface area contributed by atoms with Gasteiger partial charge in [-0.2, -0.15) is 0 Å². The van der Waals surface area contributed by atoms with Crippen LogP contribution in [-0.2, 0) is 4.79 Å². The van der Waals surface area contributed by atoms with Gasteiger partial charge in [0.2, 0.25) is 0 Å². The number of hydrogen-bond donors (Lipinski definition) is 3. The summed E-state index contributed by atoms with van der Waals surface area (Å²) in [6.45, 7) is 0.605. The zero-order chi connectivity index (χ0) is 13.9. The summed E-state index contributed by atoms with van der Waals surface area (Å²) in [5.41, 5.74) is -2.00.